The number of hydrogen-bond donors (Lipinski definition) is 1. The van der Waals surface area contributed by atoms with Gasteiger partial charge in [-0.15, -0.1) is 18.3 Å². The van der Waals surface area contributed by atoms with E-state index in [0.29, 0.717) is 0 Å². The molecule has 2 heterocycles. The molecule has 0 bridgehead atoms. The Morgan fingerprint density at radius 3 is 2.76 bits per heavy atom. The van der Waals surface area contributed by atoms with E-state index in [1.807, 2.05) is 0 Å². The minimum absolute atomic E-state index is 0.129. The largest absolute Gasteiger partial charge is 0.573 e. The van der Waals surface area contributed by atoms with Crippen molar-refractivity contribution in [3.8, 4) is 5.75 Å². The zero-order valence-corrected chi connectivity index (χ0v) is 12.9. The van der Waals surface area contributed by atoms with E-state index in [1.165, 1.54) is 28.9 Å². The predicted octanol–water partition coefficient (Wildman–Crippen LogP) is 2.26. The molecule has 10 heteroatoms. The van der Waals surface area contributed by atoms with Crippen LogP contribution in [0.3, 0.4) is 0 Å². The highest BCUT2D eigenvalue weighted by Crippen LogP contribution is 2.26. The summed E-state index contributed by atoms with van der Waals surface area (Å²) in [4.78, 5) is 20.1. The van der Waals surface area contributed by atoms with Crippen LogP contribution in [0.4, 0.5) is 13.2 Å². The highest BCUT2D eigenvalue weighted by atomic mass is 19.4. The third kappa shape index (κ3) is 3.84. The summed E-state index contributed by atoms with van der Waals surface area (Å²) in [6.07, 6.45) is -3.28. The summed E-state index contributed by atoms with van der Waals surface area (Å²) in [5.41, 5.74) is 0.909. The molecular formula is C15H12F3N5O2. The minimum atomic E-state index is -4.81. The number of nitrogens with zero attached hydrogens (tertiary/aromatic N) is 4. The number of halogens is 3. The van der Waals surface area contributed by atoms with Gasteiger partial charge in [-0.05, 0) is 19.1 Å². The summed E-state index contributed by atoms with van der Waals surface area (Å²) in [7, 11) is 0. The summed E-state index contributed by atoms with van der Waals surface area (Å²) in [6, 6.07) is 7.25. The Morgan fingerprint density at radius 1 is 1.28 bits per heavy atom. The predicted molar refractivity (Wildman–Crippen MR) is 79.8 cm³/mol. The number of nitrogens with one attached hydrogen (secondary N) is 1. The first-order valence-corrected chi connectivity index (χ1v) is 7.14. The smallest absolute Gasteiger partial charge is 0.405 e. The molecule has 0 unspecified atom stereocenters. The first kappa shape index (κ1) is 16.7. The SMILES string of the molecule is Cc1ccnc2nc(C(=O)NCc3ccccc3OC(F)(F)F)nn12. The van der Waals surface area contributed by atoms with Crippen LogP contribution in [-0.4, -0.2) is 31.9 Å². The molecule has 0 fully saturated rings. The molecular weight excluding hydrogens is 339 g/mol. The van der Waals surface area contributed by atoms with E-state index in [-0.39, 0.29) is 29.5 Å². The van der Waals surface area contributed by atoms with Crippen LogP contribution in [0.2, 0.25) is 0 Å². The van der Waals surface area contributed by atoms with Gasteiger partial charge in [0.15, 0.2) is 0 Å². The molecule has 0 radical (unpaired) electrons. The molecule has 0 saturated heterocycles. The molecule has 0 atom stereocenters. The van der Waals surface area contributed by atoms with Gasteiger partial charge in [-0.2, -0.15) is 4.98 Å². The first-order chi connectivity index (χ1) is 11.8. The van der Waals surface area contributed by atoms with E-state index in [1.54, 1.807) is 19.1 Å². The lowest BCUT2D eigenvalue weighted by atomic mass is 10.2. The van der Waals surface area contributed by atoms with Crippen molar-refractivity contribution in [1.82, 2.24) is 24.9 Å². The van der Waals surface area contributed by atoms with Crippen LogP contribution < -0.4 is 10.1 Å². The van der Waals surface area contributed by atoms with Crippen LogP contribution in [0.1, 0.15) is 21.9 Å². The molecule has 0 aliphatic heterocycles. The topological polar surface area (TPSA) is 81.4 Å². The summed E-state index contributed by atoms with van der Waals surface area (Å²) in [6.45, 7) is 1.60. The number of rotatable bonds is 4. The molecule has 1 amide bonds. The van der Waals surface area contributed by atoms with E-state index in [0.717, 1.165) is 5.69 Å². The third-order valence-corrected chi connectivity index (χ3v) is 3.27. The molecule has 0 aliphatic rings. The van der Waals surface area contributed by atoms with Crippen LogP contribution in [0.5, 0.6) is 5.75 Å². The van der Waals surface area contributed by atoms with Crippen molar-refractivity contribution < 1.29 is 22.7 Å². The molecule has 130 valence electrons. The third-order valence-electron chi connectivity index (χ3n) is 3.27. The second kappa shape index (κ2) is 6.38. The van der Waals surface area contributed by atoms with Gasteiger partial charge in [0.25, 0.3) is 11.7 Å². The Morgan fingerprint density at radius 2 is 2.04 bits per heavy atom. The van der Waals surface area contributed by atoms with Gasteiger partial charge in [0, 0.05) is 24.0 Å². The van der Waals surface area contributed by atoms with Crippen molar-refractivity contribution in [2.75, 3.05) is 0 Å². The van der Waals surface area contributed by atoms with E-state index in [2.05, 4.69) is 25.1 Å². The monoisotopic (exact) mass is 351 g/mol. The number of carbonyl (C=O) groups is 1. The molecule has 0 aliphatic carbocycles. The normalized spacial score (nSPS) is 11.5. The fourth-order valence-corrected chi connectivity index (χ4v) is 2.13. The number of aromatic nitrogens is 4. The van der Waals surface area contributed by atoms with Crippen molar-refractivity contribution >= 4 is 11.7 Å². The van der Waals surface area contributed by atoms with Gasteiger partial charge in [-0.1, -0.05) is 18.2 Å². The van der Waals surface area contributed by atoms with Gasteiger partial charge in [0.2, 0.25) is 5.82 Å². The molecule has 1 aromatic carbocycles. The van der Waals surface area contributed by atoms with Crippen LogP contribution in [-0.2, 0) is 6.54 Å². The second-order valence-corrected chi connectivity index (χ2v) is 5.07. The second-order valence-electron chi connectivity index (χ2n) is 5.07. The summed E-state index contributed by atoms with van der Waals surface area (Å²) in [5, 5.41) is 6.50. The molecule has 2 aromatic heterocycles. The van der Waals surface area contributed by atoms with Crippen molar-refractivity contribution in [1.29, 1.82) is 0 Å². The van der Waals surface area contributed by atoms with E-state index < -0.39 is 12.3 Å². The van der Waals surface area contributed by atoms with Crippen LogP contribution in [0.25, 0.3) is 5.78 Å². The van der Waals surface area contributed by atoms with E-state index in [4.69, 9.17) is 0 Å². The molecule has 7 nitrogen and oxygen atoms in total. The Bertz CT molecular complexity index is 923. The number of hydrogen-bond acceptors (Lipinski definition) is 5. The average Bonchev–Trinajstić information content (AvgIpc) is 2.98. The van der Waals surface area contributed by atoms with Gasteiger partial charge in [0.1, 0.15) is 5.75 Å². The fraction of sp³-hybridized carbons (Fsp3) is 0.200. The Balaban J connectivity index is 1.75. The van der Waals surface area contributed by atoms with Gasteiger partial charge in [-0.3, -0.25) is 4.79 Å². The minimum Gasteiger partial charge on any atom is -0.405 e. The summed E-state index contributed by atoms with van der Waals surface area (Å²) >= 11 is 0. The maximum atomic E-state index is 12.4. The fourth-order valence-electron chi connectivity index (χ4n) is 2.13. The maximum Gasteiger partial charge on any atom is 0.573 e. The van der Waals surface area contributed by atoms with Crippen molar-refractivity contribution in [2.45, 2.75) is 19.8 Å². The lowest BCUT2D eigenvalue weighted by molar-refractivity contribution is -0.274. The summed E-state index contributed by atoms with van der Waals surface area (Å²) < 4.78 is 42.5. The molecule has 0 spiro atoms. The van der Waals surface area contributed by atoms with Crippen LogP contribution in [0, 0.1) is 6.92 Å². The van der Waals surface area contributed by atoms with E-state index in [9.17, 15) is 18.0 Å². The highest BCUT2D eigenvalue weighted by Gasteiger charge is 2.32. The lowest BCUT2D eigenvalue weighted by Crippen LogP contribution is -2.25. The average molecular weight is 351 g/mol. The molecule has 3 aromatic rings. The standard InChI is InChI=1S/C15H12F3N5O2/c1-9-6-7-19-14-21-12(22-23(9)14)13(24)20-8-10-4-2-3-5-11(10)25-15(16,17)18/h2-7H,8H2,1H3,(H,20,24). The van der Waals surface area contributed by atoms with Crippen molar-refractivity contribution in [3.63, 3.8) is 0 Å². The molecule has 1 N–H and O–H groups in total. The number of carbonyl (C=O) groups excluding carboxylic acids is 1. The summed E-state index contributed by atoms with van der Waals surface area (Å²) in [5.74, 6) is -0.885. The number of amides is 1. The van der Waals surface area contributed by atoms with Crippen LogP contribution >= 0.6 is 0 Å². The zero-order chi connectivity index (χ0) is 18.0. The van der Waals surface area contributed by atoms with Gasteiger partial charge in [-0.25, -0.2) is 9.50 Å². The van der Waals surface area contributed by atoms with Gasteiger partial charge in [0.05, 0.1) is 0 Å². The lowest BCUT2D eigenvalue weighted by Gasteiger charge is -2.13. The number of alkyl halides is 3. The zero-order valence-electron chi connectivity index (χ0n) is 12.9. The number of benzene rings is 1. The van der Waals surface area contributed by atoms with Gasteiger partial charge >= 0.3 is 6.36 Å². The number of para-hydroxylation sites is 1. The number of aryl methyl sites for hydroxylation is 1. The first-order valence-electron chi connectivity index (χ1n) is 7.14. The Kier molecular flexibility index (Phi) is 4.26. The highest BCUT2D eigenvalue weighted by molar-refractivity contribution is 5.90. The number of ether oxygens (including phenoxy) is 1. The Labute approximate surface area is 139 Å². The maximum absolute atomic E-state index is 12.4. The van der Waals surface area contributed by atoms with Crippen molar-refractivity contribution in [3.05, 3.63) is 53.6 Å². The van der Waals surface area contributed by atoms with Crippen molar-refractivity contribution in [2.24, 2.45) is 0 Å². The van der Waals surface area contributed by atoms with Gasteiger partial charge < -0.3 is 10.1 Å². The number of fused-ring (bicyclic) bond motifs is 1. The quantitative estimate of drug-likeness (QED) is 0.780. The molecule has 0 saturated carbocycles. The van der Waals surface area contributed by atoms with Crippen LogP contribution in [0.15, 0.2) is 36.5 Å². The Hall–Kier alpha value is -3.17. The molecule has 3 rings (SSSR count). The molecule has 25 heavy (non-hydrogen) atoms. The van der Waals surface area contributed by atoms with E-state index >= 15 is 0 Å².